The molecular weight excluding hydrogens is 412 g/mol. The summed E-state index contributed by atoms with van der Waals surface area (Å²) in [5, 5.41) is 5.45. The molecule has 0 fully saturated rings. The van der Waals surface area contributed by atoms with Crippen LogP contribution in [0.3, 0.4) is 0 Å². The highest BCUT2D eigenvalue weighted by molar-refractivity contribution is 5.94. The lowest BCUT2D eigenvalue weighted by Crippen LogP contribution is -2.40. The van der Waals surface area contributed by atoms with E-state index in [-0.39, 0.29) is 37.3 Å². The van der Waals surface area contributed by atoms with E-state index in [1.165, 1.54) is 29.8 Å². The molecule has 172 valence electrons. The molecule has 0 saturated heterocycles. The van der Waals surface area contributed by atoms with Gasteiger partial charge in [0.25, 0.3) is 11.8 Å². The van der Waals surface area contributed by atoms with Crippen LogP contribution in [0.1, 0.15) is 49.5 Å². The molecule has 0 aliphatic carbocycles. The first-order chi connectivity index (χ1) is 15.3. The Hall–Kier alpha value is -3.55. The second-order valence-corrected chi connectivity index (χ2v) is 7.34. The molecule has 2 aromatic rings. The predicted octanol–water partition coefficient (Wildman–Crippen LogP) is 3.66. The number of hydrogen-bond donors (Lipinski definition) is 2. The first-order valence-corrected chi connectivity index (χ1v) is 10.6. The molecule has 0 aliphatic rings. The maximum atomic E-state index is 12.2. The molecule has 8 heteroatoms. The average Bonchev–Trinajstić information content (AvgIpc) is 2.77. The highest BCUT2D eigenvalue weighted by Crippen LogP contribution is 2.19. The molecule has 0 radical (unpaired) electrons. The lowest BCUT2D eigenvalue weighted by molar-refractivity contribution is -0.127. The van der Waals surface area contributed by atoms with E-state index in [1.807, 2.05) is 24.3 Å². The lowest BCUT2D eigenvalue weighted by Gasteiger charge is -2.15. The van der Waals surface area contributed by atoms with Crippen molar-refractivity contribution in [2.24, 2.45) is 0 Å². The third kappa shape index (κ3) is 7.94. The summed E-state index contributed by atoms with van der Waals surface area (Å²) in [6.07, 6.45) is -1.46. The van der Waals surface area contributed by atoms with E-state index in [0.29, 0.717) is 17.2 Å². The van der Waals surface area contributed by atoms with Crippen LogP contribution in [-0.2, 0) is 9.53 Å². The Balaban J connectivity index is 1.71. The molecule has 0 aliphatic heterocycles. The molecule has 2 rings (SSSR count). The largest absolute Gasteiger partial charge is 0.513 e. The number of ether oxygens (including phenoxy) is 3. The lowest BCUT2D eigenvalue weighted by atomic mass is 10.0. The van der Waals surface area contributed by atoms with Crippen molar-refractivity contribution in [1.29, 1.82) is 0 Å². The van der Waals surface area contributed by atoms with Gasteiger partial charge in [-0.25, -0.2) is 4.79 Å². The first kappa shape index (κ1) is 24.7. The molecule has 0 aromatic heterocycles. The van der Waals surface area contributed by atoms with Crippen LogP contribution < -0.4 is 20.1 Å². The second-order valence-electron chi connectivity index (χ2n) is 7.34. The zero-order valence-corrected chi connectivity index (χ0v) is 18.8. The van der Waals surface area contributed by atoms with Gasteiger partial charge >= 0.3 is 6.16 Å². The van der Waals surface area contributed by atoms with E-state index < -0.39 is 12.3 Å². The Labute approximate surface area is 188 Å². The van der Waals surface area contributed by atoms with Gasteiger partial charge in [0.05, 0.1) is 6.61 Å². The highest BCUT2D eigenvalue weighted by atomic mass is 16.7. The number of carbonyl (C=O) groups is 3. The molecule has 0 spiro atoms. The minimum absolute atomic E-state index is 0.214. The molecule has 0 bridgehead atoms. The van der Waals surface area contributed by atoms with Gasteiger partial charge in [-0.3, -0.25) is 9.59 Å². The zero-order chi connectivity index (χ0) is 23.5. The Kier molecular flexibility index (Phi) is 9.53. The van der Waals surface area contributed by atoms with Crippen LogP contribution in [0.25, 0.3) is 0 Å². The summed E-state index contributed by atoms with van der Waals surface area (Å²) in [7, 11) is 0. The van der Waals surface area contributed by atoms with E-state index in [4.69, 9.17) is 9.47 Å². The van der Waals surface area contributed by atoms with Gasteiger partial charge in [0.2, 0.25) is 0 Å². The highest BCUT2D eigenvalue weighted by Gasteiger charge is 2.14. The van der Waals surface area contributed by atoms with Gasteiger partial charge in [0.15, 0.2) is 6.10 Å². The van der Waals surface area contributed by atoms with Crippen LogP contribution in [0.4, 0.5) is 4.79 Å². The van der Waals surface area contributed by atoms with Gasteiger partial charge in [0, 0.05) is 18.7 Å². The molecule has 2 N–H and O–H groups in total. The van der Waals surface area contributed by atoms with Gasteiger partial charge in [-0.1, -0.05) is 26.0 Å². The van der Waals surface area contributed by atoms with Gasteiger partial charge in [-0.2, -0.15) is 0 Å². The molecule has 8 nitrogen and oxygen atoms in total. The van der Waals surface area contributed by atoms with Crippen molar-refractivity contribution in [2.45, 2.75) is 39.7 Å². The number of benzene rings is 2. The Morgan fingerprint density at radius 2 is 1.44 bits per heavy atom. The van der Waals surface area contributed by atoms with Gasteiger partial charge in [0.1, 0.15) is 11.5 Å². The zero-order valence-electron chi connectivity index (χ0n) is 18.8. The fourth-order valence-electron chi connectivity index (χ4n) is 2.71. The van der Waals surface area contributed by atoms with Gasteiger partial charge < -0.3 is 24.8 Å². The molecule has 2 amide bonds. The van der Waals surface area contributed by atoms with Crippen molar-refractivity contribution < 1.29 is 28.6 Å². The predicted molar refractivity (Wildman–Crippen MR) is 120 cm³/mol. The van der Waals surface area contributed by atoms with E-state index in [9.17, 15) is 14.4 Å². The SMILES string of the molecule is CCOC(=O)Oc1ccc(C(=O)NCCNC(=O)C(C)Oc2ccc(C(C)C)cc2)cc1. The number of nitrogens with one attached hydrogen (secondary N) is 2. The Morgan fingerprint density at radius 1 is 0.844 bits per heavy atom. The number of carbonyl (C=O) groups excluding carboxylic acids is 3. The third-order valence-electron chi connectivity index (χ3n) is 4.52. The Bertz CT molecular complexity index is 894. The van der Waals surface area contributed by atoms with E-state index in [2.05, 4.69) is 29.2 Å². The summed E-state index contributed by atoms with van der Waals surface area (Å²) in [5.74, 6) is 0.751. The molecule has 2 aromatic carbocycles. The van der Waals surface area contributed by atoms with Crippen LogP contribution in [0, 0.1) is 0 Å². The van der Waals surface area contributed by atoms with Crippen molar-refractivity contribution >= 4 is 18.0 Å². The smallest absolute Gasteiger partial charge is 0.481 e. The minimum Gasteiger partial charge on any atom is -0.481 e. The van der Waals surface area contributed by atoms with E-state index in [1.54, 1.807) is 13.8 Å². The monoisotopic (exact) mass is 442 g/mol. The van der Waals surface area contributed by atoms with Crippen molar-refractivity contribution in [2.75, 3.05) is 19.7 Å². The average molecular weight is 443 g/mol. The summed E-state index contributed by atoms with van der Waals surface area (Å²) < 4.78 is 15.3. The van der Waals surface area contributed by atoms with Crippen LogP contribution >= 0.6 is 0 Å². The van der Waals surface area contributed by atoms with Crippen LogP contribution in [0.15, 0.2) is 48.5 Å². The summed E-state index contributed by atoms with van der Waals surface area (Å²) in [5.41, 5.74) is 1.60. The maximum Gasteiger partial charge on any atom is 0.513 e. The molecule has 32 heavy (non-hydrogen) atoms. The van der Waals surface area contributed by atoms with Gasteiger partial charge in [-0.15, -0.1) is 0 Å². The van der Waals surface area contributed by atoms with Gasteiger partial charge in [-0.05, 0) is 61.7 Å². The normalized spacial score (nSPS) is 11.4. The molecule has 1 atom stereocenters. The van der Waals surface area contributed by atoms with E-state index in [0.717, 1.165) is 0 Å². The van der Waals surface area contributed by atoms with E-state index >= 15 is 0 Å². The quantitative estimate of drug-likeness (QED) is 0.331. The summed E-state index contributed by atoms with van der Waals surface area (Å²) in [6.45, 7) is 8.30. The molecule has 0 saturated carbocycles. The Morgan fingerprint density at radius 3 is 2.03 bits per heavy atom. The summed E-state index contributed by atoms with van der Waals surface area (Å²) >= 11 is 0. The van der Waals surface area contributed by atoms with Crippen molar-refractivity contribution in [3.05, 3.63) is 59.7 Å². The van der Waals surface area contributed by atoms with Crippen LogP contribution in [0.5, 0.6) is 11.5 Å². The third-order valence-corrected chi connectivity index (χ3v) is 4.52. The molecule has 1 unspecified atom stereocenters. The fourth-order valence-corrected chi connectivity index (χ4v) is 2.71. The van der Waals surface area contributed by atoms with Crippen LogP contribution in [-0.4, -0.2) is 43.8 Å². The standard InChI is InChI=1S/C24H30N2O6/c1-5-30-24(29)32-21-12-8-19(9-13-21)23(28)26-15-14-25-22(27)17(4)31-20-10-6-18(7-11-20)16(2)3/h6-13,16-17H,5,14-15H2,1-4H3,(H,25,27)(H,26,28). The number of hydrogen-bond acceptors (Lipinski definition) is 6. The van der Waals surface area contributed by atoms with Crippen molar-refractivity contribution in [3.63, 3.8) is 0 Å². The fraction of sp³-hybridized carbons (Fsp3) is 0.375. The maximum absolute atomic E-state index is 12.2. The number of amides is 2. The van der Waals surface area contributed by atoms with Crippen molar-refractivity contribution in [3.8, 4) is 11.5 Å². The summed E-state index contributed by atoms with van der Waals surface area (Å²) in [6, 6.07) is 13.7. The molecular formula is C24H30N2O6. The second kappa shape index (κ2) is 12.3. The van der Waals surface area contributed by atoms with Crippen LogP contribution in [0.2, 0.25) is 0 Å². The van der Waals surface area contributed by atoms with Crippen molar-refractivity contribution in [1.82, 2.24) is 10.6 Å². The minimum atomic E-state index is -0.800. The topological polar surface area (TPSA) is 103 Å². The summed E-state index contributed by atoms with van der Waals surface area (Å²) in [4.78, 5) is 35.7. The number of rotatable bonds is 10. The molecule has 0 heterocycles. The first-order valence-electron chi connectivity index (χ1n) is 10.6.